The van der Waals surface area contributed by atoms with Gasteiger partial charge in [-0.05, 0) is 61.4 Å². The number of ether oxygens (including phenoxy) is 1. The number of carbonyl (C=O) groups is 1. The fourth-order valence-corrected chi connectivity index (χ4v) is 4.51. The molecule has 2 aromatic rings. The number of hydrogen-bond donors (Lipinski definition) is 2. The lowest BCUT2D eigenvalue weighted by molar-refractivity contribution is -0.137. The van der Waals surface area contributed by atoms with Crippen molar-refractivity contribution in [1.29, 1.82) is 0 Å². The SMILES string of the molecule is C=C(C)/C(=C\C(=C/C)NC(=O)c1cccc(C(F)(F)F)c1)c1cc(N2CCNCC2)nc(N2CCOCC2)c1. The smallest absolute Gasteiger partial charge is 0.378 e. The maximum atomic E-state index is 13.2. The zero-order valence-corrected chi connectivity index (χ0v) is 22.3. The number of benzene rings is 1. The molecule has 2 fully saturated rings. The first-order valence-corrected chi connectivity index (χ1v) is 13.0. The summed E-state index contributed by atoms with van der Waals surface area (Å²) in [5.74, 6) is 1.07. The van der Waals surface area contributed by atoms with Gasteiger partial charge in [-0.2, -0.15) is 13.2 Å². The third-order valence-electron chi connectivity index (χ3n) is 6.67. The van der Waals surface area contributed by atoms with E-state index >= 15 is 0 Å². The van der Waals surface area contributed by atoms with Crippen LogP contribution in [0.1, 0.15) is 35.3 Å². The molecule has 0 radical (unpaired) electrons. The molecule has 0 atom stereocenters. The van der Waals surface area contributed by atoms with Crippen molar-refractivity contribution in [3.8, 4) is 0 Å². The molecule has 2 N–H and O–H groups in total. The first-order chi connectivity index (χ1) is 18.7. The Morgan fingerprint density at radius 1 is 1.05 bits per heavy atom. The number of hydrogen-bond acceptors (Lipinski definition) is 6. The Balaban J connectivity index is 1.67. The van der Waals surface area contributed by atoms with Crippen LogP contribution in [-0.2, 0) is 10.9 Å². The van der Waals surface area contributed by atoms with Crippen LogP contribution in [0.2, 0.25) is 0 Å². The largest absolute Gasteiger partial charge is 0.416 e. The van der Waals surface area contributed by atoms with Gasteiger partial charge in [-0.1, -0.05) is 24.3 Å². The van der Waals surface area contributed by atoms with E-state index < -0.39 is 17.6 Å². The van der Waals surface area contributed by atoms with Crippen molar-refractivity contribution < 1.29 is 22.7 Å². The molecule has 0 spiro atoms. The molecule has 1 aromatic heterocycles. The predicted molar refractivity (Wildman–Crippen MR) is 148 cm³/mol. The van der Waals surface area contributed by atoms with Gasteiger partial charge in [0, 0.05) is 50.5 Å². The lowest BCUT2D eigenvalue weighted by Gasteiger charge is -2.32. The molecule has 2 aliphatic heterocycles. The van der Waals surface area contributed by atoms with Gasteiger partial charge in [0.25, 0.3) is 5.91 Å². The average Bonchev–Trinajstić information content (AvgIpc) is 2.95. The zero-order valence-electron chi connectivity index (χ0n) is 22.3. The molecule has 0 aliphatic carbocycles. The standard InChI is InChI=1S/C29H34F3N5O2/c1-4-24(34-28(38)21-6-5-7-23(16-21)29(30,31)32)19-25(20(2)3)22-17-26(36-10-8-33-9-11-36)35-27(18-22)37-12-14-39-15-13-37/h4-7,16-19,33H,2,8-15H2,1,3H3,(H,34,38)/b24-4+,25-19+. The van der Waals surface area contributed by atoms with E-state index in [2.05, 4.69) is 27.0 Å². The number of pyridine rings is 1. The van der Waals surface area contributed by atoms with Gasteiger partial charge in [-0.25, -0.2) is 4.98 Å². The van der Waals surface area contributed by atoms with Gasteiger partial charge in [-0.15, -0.1) is 0 Å². The van der Waals surface area contributed by atoms with Crippen molar-refractivity contribution in [2.75, 3.05) is 62.3 Å². The molecule has 0 saturated carbocycles. The fourth-order valence-electron chi connectivity index (χ4n) is 4.51. The van der Waals surface area contributed by atoms with E-state index in [9.17, 15) is 18.0 Å². The van der Waals surface area contributed by atoms with E-state index in [-0.39, 0.29) is 5.56 Å². The number of carbonyl (C=O) groups excluding carboxylic acids is 1. The van der Waals surface area contributed by atoms with Gasteiger partial charge in [-0.3, -0.25) is 4.79 Å². The van der Waals surface area contributed by atoms with Crippen molar-refractivity contribution in [2.45, 2.75) is 20.0 Å². The monoisotopic (exact) mass is 541 g/mol. The molecule has 1 aromatic carbocycles. The fraction of sp³-hybridized carbons (Fsp3) is 0.379. The molecule has 4 rings (SSSR count). The summed E-state index contributed by atoms with van der Waals surface area (Å²) in [7, 11) is 0. The number of anilines is 2. The zero-order chi connectivity index (χ0) is 28.0. The lowest BCUT2D eigenvalue weighted by Crippen LogP contribution is -2.44. The second kappa shape index (κ2) is 12.5. The summed E-state index contributed by atoms with van der Waals surface area (Å²) in [6.45, 7) is 13.9. The highest BCUT2D eigenvalue weighted by molar-refractivity contribution is 5.96. The van der Waals surface area contributed by atoms with Crippen LogP contribution >= 0.6 is 0 Å². The first kappa shape index (κ1) is 28.4. The molecule has 2 saturated heterocycles. The second-order valence-corrected chi connectivity index (χ2v) is 9.52. The Bertz CT molecular complexity index is 1220. The number of piperazine rings is 1. The molecule has 39 heavy (non-hydrogen) atoms. The highest BCUT2D eigenvalue weighted by atomic mass is 19.4. The number of alkyl halides is 3. The Morgan fingerprint density at radius 2 is 1.69 bits per heavy atom. The van der Waals surface area contributed by atoms with Crippen LogP contribution in [0, 0.1) is 0 Å². The molecule has 3 heterocycles. The van der Waals surface area contributed by atoms with Crippen LogP contribution in [0.4, 0.5) is 24.8 Å². The topological polar surface area (TPSA) is 69.7 Å². The Morgan fingerprint density at radius 3 is 2.28 bits per heavy atom. The van der Waals surface area contributed by atoms with Crippen molar-refractivity contribution in [2.24, 2.45) is 0 Å². The molecular weight excluding hydrogens is 507 g/mol. The van der Waals surface area contributed by atoms with Crippen molar-refractivity contribution in [3.63, 3.8) is 0 Å². The van der Waals surface area contributed by atoms with Gasteiger partial charge in [0.15, 0.2) is 0 Å². The summed E-state index contributed by atoms with van der Waals surface area (Å²) in [4.78, 5) is 22.3. The average molecular weight is 542 g/mol. The molecule has 7 nitrogen and oxygen atoms in total. The number of halogens is 3. The van der Waals surface area contributed by atoms with E-state index in [1.54, 1.807) is 19.1 Å². The molecular formula is C29H34F3N5O2. The molecule has 0 unspecified atom stereocenters. The number of allylic oxidation sites excluding steroid dienone is 4. The maximum Gasteiger partial charge on any atom is 0.416 e. The first-order valence-electron chi connectivity index (χ1n) is 13.0. The van der Waals surface area contributed by atoms with Crippen LogP contribution in [0.25, 0.3) is 5.57 Å². The summed E-state index contributed by atoms with van der Waals surface area (Å²) < 4.78 is 45.0. The normalized spacial score (nSPS) is 17.3. The number of morpholine rings is 1. The lowest BCUT2D eigenvalue weighted by atomic mass is 9.98. The van der Waals surface area contributed by atoms with Gasteiger partial charge >= 0.3 is 6.18 Å². The van der Waals surface area contributed by atoms with E-state index in [0.717, 1.165) is 79.7 Å². The highest BCUT2D eigenvalue weighted by Gasteiger charge is 2.31. The Labute approximate surface area is 227 Å². The third kappa shape index (κ3) is 7.27. The molecule has 2 aliphatic rings. The summed E-state index contributed by atoms with van der Waals surface area (Å²) in [6, 6.07) is 8.42. The molecule has 208 valence electrons. The molecule has 10 heteroatoms. The van der Waals surface area contributed by atoms with E-state index in [1.165, 1.54) is 12.1 Å². The van der Waals surface area contributed by atoms with E-state index in [0.29, 0.717) is 18.9 Å². The Kier molecular flexibility index (Phi) is 9.08. The quantitative estimate of drug-likeness (QED) is 0.498. The van der Waals surface area contributed by atoms with E-state index in [4.69, 9.17) is 9.72 Å². The minimum atomic E-state index is -4.53. The van der Waals surface area contributed by atoms with Crippen LogP contribution < -0.4 is 20.4 Å². The highest BCUT2D eigenvalue weighted by Crippen LogP contribution is 2.31. The number of amides is 1. The van der Waals surface area contributed by atoms with Crippen molar-refractivity contribution in [3.05, 3.63) is 83.1 Å². The van der Waals surface area contributed by atoms with Crippen LogP contribution in [0.5, 0.6) is 0 Å². The summed E-state index contributed by atoms with van der Waals surface area (Å²) in [6.07, 6.45) is -1.03. The second-order valence-electron chi connectivity index (χ2n) is 9.52. The van der Waals surface area contributed by atoms with Crippen LogP contribution in [0.15, 0.2) is 66.4 Å². The number of rotatable bonds is 7. The third-order valence-corrected chi connectivity index (χ3v) is 6.67. The van der Waals surface area contributed by atoms with Gasteiger partial charge in [0.05, 0.1) is 18.8 Å². The maximum absolute atomic E-state index is 13.2. The van der Waals surface area contributed by atoms with Crippen molar-refractivity contribution in [1.82, 2.24) is 15.6 Å². The van der Waals surface area contributed by atoms with Gasteiger partial charge < -0.3 is 25.2 Å². The Hall–Kier alpha value is -3.63. The summed E-state index contributed by atoms with van der Waals surface area (Å²) in [5.41, 5.74) is 1.95. The van der Waals surface area contributed by atoms with E-state index in [1.807, 2.05) is 19.1 Å². The van der Waals surface area contributed by atoms with Gasteiger partial charge in [0.1, 0.15) is 11.6 Å². The summed E-state index contributed by atoms with van der Waals surface area (Å²) in [5, 5.41) is 6.11. The molecule has 1 amide bonds. The van der Waals surface area contributed by atoms with Crippen LogP contribution in [0.3, 0.4) is 0 Å². The molecule has 0 bridgehead atoms. The number of nitrogens with one attached hydrogen (secondary N) is 2. The minimum absolute atomic E-state index is 0.0750. The summed E-state index contributed by atoms with van der Waals surface area (Å²) >= 11 is 0. The number of aromatic nitrogens is 1. The number of nitrogens with zero attached hydrogens (tertiary/aromatic N) is 3. The van der Waals surface area contributed by atoms with Gasteiger partial charge in [0.2, 0.25) is 0 Å². The van der Waals surface area contributed by atoms with Crippen LogP contribution in [-0.4, -0.2) is 63.4 Å². The van der Waals surface area contributed by atoms with Crippen molar-refractivity contribution >= 4 is 23.1 Å². The minimum Gasteiger partial charge on any atom is -0.378 e. The predicted octanol–water partition coefficient (Wildman–Crippen LogP) is 4.64.